The van der Waals surface area contributed by atoms with Gasteiger partial charge in [-0.05, 0) is 25.5 Å². The smallest absolute Gasteiger partial charge is 0.0577 e. The lowest BCUT2D eigenvalue weighted by Crippen LogP contribution is -2.39. The second-order valence-electron chi connectivity index (χ2n) is 4.61. The van der Waals surface area contributed by atoms with Crippen LogP contribution in [0.3, 0.4) is 0 Å². The number of hydrogen-bond acceptors (Lipinski definition) is 3. The molecule has 3 nitrogen and oxygen atoms in total. The molecular formula is C13H22N2O. The molecule has 1 rings (SSSR count). The van der Waals surface area contributed by atoms with Crippen LogP contribution in [0.25, 0.3) is 0 Å². The molecule has 2 atom stereocenters. The van der Waals surface area contributed by atoms with Crippen molar-refractivity contribution in [3.8, 4) is 0 Å². The summed E-state index contributed by atoms with van der Waals surface area (Å²) in [6.45, 7) is 7.62. The van der Waals surface area contributed by atoms with Gasteiger partial charge in [-0.25, -0.2) is 0 Å². The molecule has 3 heteroatoms. The summed E-state index contributed by atoms with van der Waals surface area (Å²) < 4.78 is 0. The van der Waals surface area contributed by atoms with Crippen LogP contribution < -0.4 is 5.32 Å². The van der Waals surface area contributed by atoms with E-state index in [4.69, 9.17) is 0 Å². The first-order valence-corrected chi connectivity index (χ1v) is 5.87. The second-order valence-corrected chi connectivity index (χ2v) is 4.61. The fourth-order valence-corrected chi connectivity index (χ4v) is 1.55. The van der Waals surface area contributed by atoms with Gasteiger partial charge in [0.15, 0.2) is 0 Å². The Balaban J connectivity index is 2.40. The van der Waals surface area contributed by atoms with Crippen molar-refractivity contribution in [1.82, 2.24) is 10.3 Å². The summed E-state index contributed by atoms with van der Waals surface area (Å²) in [4.78, 5) is 4.24. The number of pyridine rings is 1. The van der Waals surface area contributed by atoms with Crippen molar-refractivity contribution in [2.45, 2.75) is 39.8 Å². The van der Waals surface area contributed by atoms with Crippen LogP contribution in [-0.4, -0.2) is 22.7 Å². The van der Waals surface area contributed by atoms with Crippen LogP contribution in [0, 0.1) is 5.41 Å². The van der Waals surface area contributed by atoms with Gasteiger partial charge in [0.25, 0.3) is 0 Å². The first-order chi connectivity index (χ1) is 7.58. The highest BCUT2D eigenvalue weighted by Gasteiger charge is 2.27. The minimum Gasteiger partial charge on any atom is -0.393 e. The average Bonchev–Trinajstić information content (AvgIpc) is 2.30. The molecule has 0 spiro atoms. The van der Waals surface area contributed by atoms with E-state index >= 15 is 0 Å². The van der Waals surface area contributed by atoms with Crippen molar-refractivity contribution in [2.24, 2.45) is 5.41 Å². The number of aliphatic hydroxyl groups is 1. The fraction of sp³-hybridized carbons (Fsp3) is 0.615. The number of hydrogen-bond donors (Lipinski definition) is 2. The maximum Gasteiger partial charge on any atom is 0.0577 e. The Morgan fingerprint density at radius 1 is 1.50 bits per heavy atom. The van der Waals surface area contributed by atoms with E-state index in [0.29, 0.717) is 0 Å². The summed E-state index contributed by atoms with van der Waals surface area (Å²) in [5.74, 6) is 0. The molecule has 2 N–H and O–H groups in total. The summed E-state index contributed by atoms with van der Waals surface area (Å²) in [5.41, 5.74) is 0.973. The third kappa shape index (κ3) is 3.58. The van der Waals surface area contributed by atoms with Gasteiger partial charge in [-0.3, -0.25) is 4.98 Å². The van der Waals surface area contributed by atoms with Crippen LogP contribution in [0.15, 0.2) is 24.4 Å². The second kappa shape index (κ2) is 5.97. The Hall–Kier alpha value is -0.930. The lowest BCUT2D eigenvalue weighted by molar-refractivity contribution is 0.0488. The monoisotopic (exact) mass is 222 g/mol. The highest BCUT2D eigenvalue weighted by atomic mass is 16.3. The molecule has 0 saturated heterocycles. The van der Waals surface area contributed by atoms with Crippen LogP contribution in [-0.2, 0) is 6.54 Å². The number of nitrogens with one attached hydrogen (secondary N) is 1. The fourth-order valence-electron chi connectivity index (χ4n) is 1.55. The van der Waals surface area contributed by atoms with Crippen molar-refractivity contribution < 1.29 is 5.11 Å². The van der Waals surface area contributed by atoms with Gasteiger partial charge in [0.05, 0.1) is 11.8 Å². The van der Waals surface area contributed by atoms with E-state index in [2.05, 4.69) is 24.1 Å². The molecule has 0 fully saturated rings. The Kier molecular flexibility index (Phi) is 4.90. The zero-order valence-corrected chi connectivity index (χ0v) is 10.4. The van der Waals surface area contributed by atoms with Gasteiger partial charge in [0.1, 0.15) is 0 Å². The van der Waals surface area contributed by atoms with Crippen LogP contribution in [0.2, 0.25) is 0 Å². The molecule has 1 heterocycles. The Morgan fingerprint density at radius 3 is 2.75 bits per heavy atom. The Morgan fingerprint density at radius 2 is 2.25 bits per heavy atom. The summed E-state index contributed by atoms with van der Waals surface area (Å²) in [6, 6.07) is 5.89. The predicted molar refractivity (Wildman–Crippen MR) is 66.0 cm³/mol. The average molecular weight is 222 g/mol. The largest absolute Gasteiger partial charge is 0.393 e. The van der Waals surface area contributed by atoms with Gasteiger partial charge in [-0.2, -0.15) is 0 Å². The first kappa shape index (κ1) is 13.1. The number of aromatic nitrogens is 1. The van der Waals surface area contributed by atoms with Crippen LogP contribution in [0.1, 0.15) is 32.9 Å². The van der Waals surface area contributed by atoms with Crippen molar-refractivity contribution in [2.75, 3.05) is 6.54 Å². The summed E-state index contributed by atoms with van der Waals surface area (Å²) in [5, 5.41) is 13.1. The highest BCUT2D eigenvalue weighted by Crippen LogP contribution is 2.24. The molecule has 0 saturated carbocycles. The van der Waals surface area contributed by atoms with Crippen molar-refractivity contribution in [3.63, 3.8) is 0 Å². The normalized spacial score (nSPS) is 16.8. The maximum absolute atomic E-state index is 9.71. The Bertz CT molecular complexity index is 300. The topological polar surface area (TPSA) is 45.2 Å². The standard InChI is InChI=1S/C13H22N2O/c1-4-13(3,11(2)16)10-14-9-12-7-5-6-8-15-12/h5-8,11,14,16H,4,9-10H2,1-3H3. The van der Waals surface area contributed by atoms with Crippen molar-refractivity contribution in [3.05, 3.63) is 30.1 Å². The Labute approximate surface area is 97.9 Å². The van der Waals surface area contributed by atoms with Crippen molar-refractivity contribution >= 4 is 0 Å². The minimum atomic E-state index is -0.297. The molecule has 0 bridgehead atoms. The predicted octanol–water partition coefficient (Wildman–Crippen LogP) is 1.97. The molecule has 16 heavy (non-hydrogen) atoms. The minimum absolute atomic E-state index is 0.0607. The molecule has 0 radical (unpaired) electrons. The first-order valence-electron chi connectivity index (χ1n) is 5.87. The molecule has 0 aromatic carbocycles. The molecule has 0 amide bonds. The summed E-state index contributed by atoms with van der Waals surface area (Å²) in [6.07, 6.45) is 2.46. The van der Waals surface area contributed by atoms with E-state index < -0.39 is 0 Å². The SMILES string of the molecule is CCC(C)(CNCc1ccccn1)C(C)O. The van der Waals surface area contributed by atoms with Crippen molar-refractivity contribution in [1.29, 1.82) is 0 Å². The molecule has 0 aliphatic carbocycles. The van der Waals surface area contributed by atoms with Crippen LogP contribution in [0.5, 0.6) is 0 Å². The molecule has 1 aromatic heterocycles. The number of nitrogens with zero attached hydrogens (tertiary/aromatic N) is 1. The quantitative estimate of drug-likeness (QED) is 0.773. The zero-order valence-electron chi connectivity index (χ0n) is 10.4. The summed E-state index contributed by atoms with van der Waals surface area (Å²) >= 11 is 0. The van der Waals surface area contributed by atoms with Gasteiger partial charge in [0.2, 0.25) is 0 Å². The molecular weight excluding hydrogens is 200 g/mol. The maximum atomic E-state index is 9.71. The number of aliphatic hydroxyl groups excluding tert-OH is 1. The highest BCUT2D eigenvalue weighted by molar-refractivity contribution is 5.03. The lowest BCUT2D eigenvalue weighted by atomic mass is 9.82. The van der Waals surface area contributed by atoms with E-state index in [9.17, 15) is 5.11 Å². The van der Waals surface area contributed by atoms with Gasteiger partial charge in [-0.15, -0.1) is 0 Å². The summed E-state index contributed by atoms with van der Waals surface area (Å²) in [7, 11) is 0. The zero-order chi connectivity index (χ0) is 12.0. The molecule has 2 unspecified atom stereocenters. The van der Waals surface area contributed by atoms with Gasteiger partial charge >= 0.3 is 0 Å². The third-order valence-electron chi connectivity index (χ3n) is 3.38. The lowest BCUT2D eigenvalue weighted by Gasteiger charge is -2.31. The number of rotatable bonds is 6. The van der Waals surface area contributed by atoms with Gasteiger partial charge in [0, 0.05) is 24.7 Å². The molecule has 90 valence electrons. The van der Waals surface area contributed by atoms with E-state index in [0.717, 1.165) is 25.2 Å². The molecule has 1 aromatic rings. The van der Waals surface area contributed by atoms with E-state index in [-0.39, 0.29) is 11.5 Å². The van der Waals surface area contributed by atoms with E-state index in [1.807, 2.05) is 25.1 Å². The molecule has 0 aliphatic rings. The molecule has 0 aliphatic heterocycles. The third-order valence-corrected chi connectivity index (χ3v) is 3.38. The van der Waals surface area contributed by atoms with Gasteiger partial charge < -0.3 is 10.4 Å². The van der Waals surface area contributed by atoms with Gasteiger partial charge in [-0.1, -0.05) is 19.9 Å². The van der Waals surface area contributed by atoms with E-state index in [1.165, 1.54) is 0 Å². The van der Waals surface area contributed by atoms with Crippen LogP contribution in [0.4, 0.5) is 0 Å². The van der Waals surface area contributed by atoms with Crippen LogP contribution >= 0.6 is 0 Å². The van der Waals surface area contributed by atoms with E-state index in [1.54, 1.807) is 6.20 Å².